The highest BCUT2D eigenvalue weighted by molar-refractivity contribution is 5.89. The number of allylic oxidation sites excluding steroid dienone is 4. The Balaban J connectivity index is 2.12. The molecule has 7 nitrogen and oxygen atoms in total. The van der Waals surface area contributed by atoms with Crippen molar-refractivity contribution in [2.75, 3.05) is 7.11 Å². The number of carbonyl (C=O) groups is 1. The topological polar surface area (TPSA) is 91.6 Å². The second-order valence-corrected chi connectivity index (χ2v) is 4.05. The van der Waals surface area contributed by atoms with Crippen molar-refractivity contribution in [2.24, 2.45) is 0 Å². The zero-order valence-corrected chi connectivity index (χ0v) is 10.7. The molecule has 0 bridgehead atoms. The maximum atomic E-state index is 11.4. The number of aromatic nitrogens is 1. The van der Waals surface area contributed by atoms with Crippen LogP contribution < -0.4 is 4.74 Å². The number of pyridine rings is 1. The molecule has 0 spiro atoms. The van der Waals surface area contributed by atoms with Crippen molar-refractivity contribution in [3.05, 3.63) is 57.7 Å². The molecule has 1 aromatic heterocycles. The number of carbonyl (C=O) groups excluding carboxylic acids is 1. The van der Waals surface area contributed by atoms with Gasteiger partial charge in [-0.25, -0.2) is 4.79 Å². The molecule has 0 atom stereocenters. The second kappa shape index (κ2) is 5.96. The largest absolute Gasteiger partial charge is 0.465 e. The molecular formula is C13H12N2O5. The van der Waals surface area contributed by atoms with Gasteiger partial charge in [0, 0.05) is 25.1 Å². The summed E-state index contributed by atoms with van der Waals surface area (Å²) in [5.74, 6) is 0.465. The van der Waals surface area contributed by atoms with E-state index in [1.165, 1.54) is 31.6 Å². The lowest BCUT2D eigenvalue weighted by Gasteiger charge is -2.12. The monoisotopic (exact) mass is 276 g/mol. The highest BCUT2D eigenvalue weighted by Crippen LogP contribution is 2.22. The van der Waals surface area contributed by atoms with Gasteiger partial charge in [-0.15, -0.1) is 0 Å². The zero-order chi connectivity index (χ0) is 14.5. The number of hydrogen-bond acceptors (Lipinski definition) is 6. The second-order valence-electron chi connectivity index (χ2n) is 4.05. The summed E-state index contributed by atoms with van der Waals surface area (Å²) in [6.45, 7) is 0. The number of nitrogens with zero attached hydrogens (tertiary/aromatic N) is 2. The highest BCUT2D eigenvalue weighted by Gasteiger charge is 2.16. The van der Waals surface area contributed by atoms with Crippen LogP contribution in [0.2, 0.25) is 0 Å². The molecule has 1 heterocycles. The van der Waals surface area contributed by atoms with Crippen LogP contribution in [0.3, 0.4) is 0 Å². The zero-order valence-electron chi connectivity index (χ0n) is 10.7. The quantitative estimate of drug-likeness (QED) is 0.475. The maximum Gasteiger partial charge on any atom is 0.339 e. The standard InChI is InChI=1S/C13H12N2O5/c1-19-13(16)9-6-12(8-14-7-9)20-11-4-2-10(3-5-11)15(17)18/h2,4,6-8H,3,5H2,1H3. The van der Waals surface area contributed by atoms with E-state index < -0.39 is 10.9 Å². The Hall–Kier alpha value is -2.70. The van der Waals surface area contributed by atoms with Gasteiger partial charge in [0.25, 0.3) is 0 Å². The van der Waals surface area contributed by atoms with Crippen LogP contribution in [0.1, 0.15) is 23.2 Å². The van der Waals surface area contributed by atoms with E-state index >= 15 is 0 Å². The van der Waals surface area contributed by atoms with Gasteiger partial charge in [0.05, 0.1) is 23.8 Å². The minimum Gasteiger partial charge on any atom is -0.465 e. The van der Waals surface area contributed by atoms with Crippen molar-refractivity contribution in [3.63, 3.8) is 0 Å². The van der Waals surface area contributed by atoms with Crippen molar-refractivity contribution >= 4 is 5.97 Å². The molecule has 0 saturated carbocycles. The first-order chi connectivity index (χ1) is 9.60. The molecule has 20 heavy (non-hydrogen) atoms. The summed E-state index contributed by atoms with van der Waals surface area (Å²) in [6.07, 6.45) is 6.53. The van der Waals surface area contributed by atoms with Gasteiger partial charge in [0.15, 0.2) is 0 Å². The van der Waals surface area contributed by atoms with Crippen molar-refractivity contribution in [1.29, 1.82) is 0 Å². The fourth-order valence-electron chi connectivity index (χ4n) is 1.70. The van der Waals surface area contributed by atoms with E-state index in [4.69, 9.17) is 4.74 Å². The van der Waals surface area contributed by atoms with Crippen molar-refractivity contribution in [1.82, 2.24) is 4.98 Å². The van der Waals surface area contributed by atoms with Crippen molar-refractivity contribution in [3.8, 4) is 5.75 Å². The summed E-state index contributed by atoms with van der Waals surface area (Å²) in [4.78, 5) is 25.4. The third-order valence-corrected chi connectivity index (χ3v) is 2.71. The molecule has 0 aliphatic heterocycles. The molecule has 2 rings (SSSR count). The summed E-state index contributed by atoms with van der Waals surface area (Å²) in [7, 11) is 1.28. The predicted octanol–water partition coefficient (Wildman–Crippen LogP) is 2.09. The average Bonchev–Trinajstić information content (AvgIpc) is 2.47. The van der Waals surface area contributed by atoms with E-state index in [0.29, 0.717) is 24.4 Å². The molecule has 0 unspecified atom stereocenters. The normalized spacial score (nSPS) is 14.1. The minimum atomic E-state index is -0.504. The molecule has 104 valence electrons. The summed E-state index contributed by atoms with van der Waals surface area (Å²) in [5, 5.41) is 10.6. The van der Waals surface area contributed by atoms with Gasteiger partial charge in [-0.3, -0.25) is 15.1 Å². The van der Waals surface area contributed by atoms with Crippen LogP contribution in [-0.2, 0) is 4.74 Å². The van der Waals surface area contributed by atoms with E-state index in [1.54, 1.807) is 6.08 Å². The molecule has 1 aliphatic rings. The van der Waals surface area contributed by atoms with Crippen LogP contribution in [0, 0.1) is 10.1 Å². The molecule has 0 N–H and O–H groups in total. The van der Waals surface area contributed by atoms with Gasteiger partial charge >= 0.3 is 5.97 Å². The third-order valence-electron chi connectivity index (χ3n) is 2.71. The summed E-state index contributed by atoms with van der Waals surface area (Å²) < 4.78 is 10.1. The number of hydrogen-bond donors (Lipinski definition) is 0. The fourth-order valence-corrected chi connectivity index (χ4v) is 1.70. The van der Waals surface area contributed by atoms with E-state index in [-0.39, 0.29) is 11.3 Å². The Bertz CT molecular complexity index is 607. The number of ether oxygens (including phenoxy) is 2. The van der Waals surface area contributed by atoms with Crippen LogP contribution in [0.4, 0.5) is 0 Å². The van der Waals surface area contributed by atoms with Gasteiger partial charge in [-0.2, -0.15) is 0 Å². The number of esters is 1. The number of nitro groups is 1. The molecule has 0 aromatic carbocycles. The van der Waals surface area contributed by atoms with Crippen LogP contribution in [0.5, 0.6) is 5.75 Å². The Labute approximate surface area is 114 Å². The molecule has 7 heteroatoms. The Kier molecular flexibility index (Phi) is 4.09. The first-order valence-corrected chi connectivity index (χ1v) is 5.85. The fraction of sp³-hybridized carbons (Fsp3) is 0.231. The SMILES string of the molecule is COC(=O)c1cncc(OC2=CC=C([N+](=O)[O-])CC2)c1. The highest BCUT2D eigenvalue weighted by atomic mass is 16.6. The Morgan fingerprint density at radius 2 is 2.15 bits per heavy atom. The van der Waals surface area contributed by atoms with Gasteiger partial charge in [-0.05, 0) is 12.1 Å². The molecule has 0 amide bonds. The molecule has 0 fully saturated rings. The maximum absolute atomic E-state index is 11.4. The smallest absolute Gasteiger partial charge is 0.339 e. The molecule has 0 saturated heterocycles. The first kappa shape index (κ1) is 13.7. The van der Waals surface area contributed by atoms with Gasteiger partial charge in [0.2, 0.25) is 5.70 Å². The van der Waals surface area contributed by atoms with Crippen LogP contribution >= 0.6 is 0 Å². The number of methoxy groups -OCH3 is 1. The Morgan fingerprint density at radius 3 is 2.75 bits per heavy atom. The molecule has 0 radical (unpaired) electrons. The molecule has 1 aliphatic carbocycles. The third kappa shape index (κ3) is 3.19. The van der Waals surface area contributed by atoms with Gasteiger partial charge in [-0.1, -0.05) is 0 Å². The van der Waals surface area contributed by atoms with Crippen LogP contribution in [-0.4, -0.2) is 23.0 Å². The molecule has 1 aromatic rings. The lowest BCUT2D eigenvalue weighted by Crippen LogP contribution is -2.07. The number of rotatable bonds is 4. The molecular weight excluding hydrogens is 264 g/mol. The summed E-state index contributed by atoms with van der Waals surface area (Å²) in [6, 6.07) is 1.51. The van der Waals surface area contributed by atoms with Gasteiger partial charge < -0.3 is 9.47 Å². The summed E-state index contributed by atoms with van der Waals surface area (Å²) >= 11 is 0. The van der Waals surface area contributed by atoms with E-state index in [2.05, 4.69) is 9.72 Å². The van der Waals surface area contributed by atoms with Crippen LogP contribution in [0.15, 0.2) is 42.1 Å². The van der Waals surface area contributed by atoms with E-state index in [1.807, 2.05) is 0 Å². The lowest BCUT2D eigenvalue weighted by molar-refractivity contribution is -0.428. The Morgan fingerprint density at radius 1 is 1.35 bits per heavy atom. The summed E-state index contributed by atoms with van der Waals surface area (Å²) in [5.41, 5.74) is 0.432. The van der Waals surface area contributed by atoms with Crippen molar-refractivity contribution < 1.29 is 19.2 Å². The predicted molar refractivity (Wildman–Crippen MR) is 68.6 cm³/mol. The first-order valence-electron chi connectivity index (χ1n) is 5.85. The van der Waals surface area contributed by atoms with Gasteiger partial charge in [0.1, 0.15) is 11.5 Å². The van der Waals surface area contributed by atoms with E-state index in [9.17, 15) is 14.9 Å². The van der Waals surface area contributed by atoms with Crippen molar-refractivity contribution in [2.45, 2.75) is 12.8 Å². The average molecular weight is 276 g/mol. The lowest BCUT2D eigenvalue weighted by atomic mass is 10.1. The minimum absolute atomic E-state index is 0.152. The van der Waals surface area contributed by atoms with E-state index in [0.717, 1.165) is 0 Å². The van der Waals surface area contributed by atoms with Crippen LogP contribution in [0.25, 0.3) is 0 Å².